The molecule has 0 atom stereocenters. The Morgan fingerprint density at radius 1 is 1.19 bits per heavy atom. The van der Waals surface area contributed by atoms with E-state index in [2.05, 4.69) is 25.3 Å². The van der Waals surface area contributed by atoms with Gasteiger partial charge in [0.05, 0.1) is 28.8 Å². The molecule has 4 aromatic rings. The number of fused-ring (bicyclic) bond motifs is 1. The van der Waals surface area contributed by atoms with E-state index in [1.165, 1.54) is 10.9 Å². The van der Waals surface area contributed by atoms with E-state index in [9.17, 15) is 10.1 Å². The van der Waals surface area contributed by atoms with Crippen LogP contribution in [0.15, 0.2) is 12.4 Å². The van der Waals surface area contributed by atoms with Crippen molar-refractivity contribution in [2.45, 2.75) is 26.8 Å². The minimum atomic E-state index is -0.500. The fourth-order valence-corrected chi connectivity index (χ4v) is 3.50. The summed E-state index contributed by atoms with van der Waals surface area (Å²) in [5, 5.41) is 25.2. The summed E-state index contributed by atoms with van der Waals surface area (Å²) in [5.74, 6) is -0.0560. The Morgan fingerprint density at radius 2 is 1.97 bits per heavy atom. The minimum Gasteiger partial charge on any atom is -0.472 e. The van der Waals surface area contributed by atoms with E-state index in [0.29, 0.717) is 35.4 Å². The fraction of sp³-hybridized carbons (Fsp3) is 0.353. The van der Waals surface area contributed by atoms with Crippen LogP contribution in [0.2, 0.25) is 10.4 Å². The van der Waals surface area contributed by atoms with Gasteiger partial charge in [-0.15, -0.1) is 5.10 Å². The van der Waals surface area contributed by atoms with E-state index >= 15 is 0 Å². The molecule has 0 radical (unpaired) electrons. The first-order valence-electron chi connectivity index (χ1n) is 9.18. The average Bonchev–Trinajstić information content (AvgIpc) is 3.33. The number of aromatic nitrogens is 8. The summed E-state index contributed by atoms with van der Waals surface area (Å²) in [6.45, 7) is 4.05. The lowest BCUT2D eigenvalue weighted by Crippen LogP contribution is -2.07. The summed E-state index contributed by atoms with van der Waals surface area (Å²) in [6, 6.07) is 0. The maximum Gasteiger partial charge on any atom is 0.353 e. The molecule has 0 amide bonds. The molecule has 14 heteroatoms. The third-order valence-electron chi connectivity index (χ3n) is 4.84. The van der Waals surface area contributed by atoms with E-state index in [1.54, 1.807) is 29.5 Å². The highest BCUT2D eigenvalue weighted by atomic mass is 35.5. The molecule has 0 spiro atoms. The zero-order valence-electron chi connectivity index (χ0n) is 16.8. The summed E-state index contributed by atoms with van der Waals surface area (Å²) in [7, 11) is 1.78. The molecule has 0 aliphatic rings. The fourth-order valence-electron chi connectivity index (χ4n) is 3.15. The zero-order valence-corrected chi connectivity index (χ0v) is 18.3. The van der Waals surface area contributed by atoms with Crippen molar-refractivity contribution in [2.24, 2.45) is 7.05 Å². The van der Waals surface area contributed by atoms with Crippen molar-refractivity contribution >= 4 is 39.9 Å². The van der Waals surface area contributed by atoms with Crippen LogP contribution in [0.25, 0.3) is 16.7 Å². The van der Waals surface area contributed by atoms with E-state index in [0.717, 1.165) is 5.69 Å². The molecule has 0 fully saturated rings. The topological polar surface area (TPSA) is 132 Å². The molecule has 0 aromatic carbocycles. The van der Waals surface area contributed by atoms with Crippen LogP contribution in [0, 0.1) is 24.0 Å². The number of nitrogens with zero attached hydrogens (tertiary/aromatic N) is 9. The lowest BCUT2D eigenvalue weighted by molar-refractivity contribution is -0.386. The van der Waals surface area contributed by atoms with Crippen LogP contribution in [-0.4, -0.2) is 50.8 Å². The predicted octanol–water partition coefficient (Wildman–Crippen LogP) is 3.05. The van der Waals surface area contributed by atoms with Gasteiger partial charge >= 0.3 is 11.6 Å². The van der Waals surface area contributed by atoms with Crippen LogP contribution in [0.5, 0.6) is 5.88 Å². The highest BCUT2D eigenvalue weighted by Crippen LogP contribution is 2.32. The van der Waals surface area contributed by atoms with Crippen molar-refractivity contribution in [3.05, 3.63) is 44.3 Å². The zero-order chi connectivity index (χ0) is 22.3. The molecule has 0 saturated carbocycles. The lowest BCUT2D eigenvalue weighted by Gasteiger charge is -2.04. The van der Waals surface area contributed by atoms with Crippen LogP contribution in [0.3, 0.4) is 0 Å². The van der Waals surface area contributed by atoms with Gasteiger partial charge in [0.1, 0.15) is 11.4 Å². The Hall–Kier alpha value is -3.25. The van der Waals surface area contributed by atoms with Crippen molar-refractivity contribution in [3.63, 3.8) is 0 Å². The van der Waals surface area contributed by atoms with E-state index in [1.807, 2.05) is 6.92 Å². The van der Waals surface area contributed by atoms with Gasteiger partial charge < -0.3 is 4.74 Å². The molecule has 162 valence electrons. The molecule has 4 aromatic heterocycles. The molecule has 31 heavy (non-hydrogen) atoms. The third kappa shape index (κ3) is 3.79. The molecule has 0 aliphatic carbocycles. The Balaban J connectivity index is 1.51. The summed E-state index contributed by atoms with van der Waals surface area (Å²) in [6.07, 6.45) is 3.58. The van der Waals surface area contributed by atoms with Gasteiger partial charge in [-0.25, -0.2) is 14.3 Å². The molecule has 0 aliphatic heterocycles. The maximum atomic E-state index is 11.6. The second kappa shape index (κ2) is 8.12. The van der Waals surface area contributed by atoms with Gasteiger partial charge in [0.2, 0.25) is 5.28 Å². The molecule has 4 heterocycles. The van der Waals surface area contributed by atoms with Gasteiger partial charge in [-0.3, -0.25) is 14.8 Å². The first-order chi connectivity index (χ1) is 14.8. The molecule has 12 nitrogen and oxygen atoms in total. The van der Waals surface area contributed by atoms with Crippen LogP contribution in [0.4, 0.5) is 5.69 Å². The SMILES string of the molecule is Cc1c(-n2nc(OCCCn3nc(Cl)c4cnc(Cl)nc43)c([N+](=O)[O-])c2C)cnn1C. The average molecular weight is 466 g/mol. The van der Waals surface area contributed by atoms with Gasteiger partial charge in [0.25, 0.3) is 0 Å². The molecule has 0 saturated heterocycles. The molecular formula is C17H17Cl2N9O3. The first kappa shape index (κ1) is 21.0. The maximum absolute atomic E-state index is 11.6. The van der Waals surface area contributed by atoms with E-state index in [-0.39, 0.29) is 28.6 Å². The Kier molecular flexibility index (Phi) is 5.50. The Morgan fingerprint density at radius 3 is 2.65 bits per heavy atom. The van der Waals surface area contributed by atoms with Gasteiger partial charge in [-0.05, 0) is 25.4 Å². The number of rotatable bonds is 7. The van der Waals surface area contributed by atoms with Gasteiger partial charge in [0, 0.05) is 26.2 Å². The molecular weight excluding hydrogens is 449 g/mol. The summed E-state index contributed by atoms with van der Waals surface area (Å²) in [4.78, 5) is 19.2. The largest absolute Gasteiger partial charge is 0.472 e. The second-order valence-electron chi connectivity index (χ2n) is 6.74. The monoisotopic (exact) mass is 465 g/mol. The van der Waals surface area contributed by atoms with Gasteiger partial charge in [-0.1, -0.05) is 11.6 Å². The number of ether oxygens (including phenoxy) is 1. The minimum absolute atomic E-state index is 0.0560. The third-order valence-corrected chi connectivity index (χ3v) is 5.30. The normalized spacial score (nSPS) is 11.4. The van der Waals surface area contributed by atoms with Crippen molar-refractivity contribution in [3.8, 4) is 11.6 Å². The number of hydrogen-bond acceptors (Lipinski definition) is 8. The van der Waals surface area contributed by atoms with Crippen LogP contribution in [0.1, 0.15) is 17.8 Å². The molecule has 0 N–H and O–H groups in total. The van der Waals surface area contributed by atoms with E-state index in [4.69, 9.17) is 27.9 Å². The standard InChI is InChI=1S/C17H17Cl2N9O3/c1-9-12(8-21-25(9)3)27-10(2)13(28(29)30)16(24-27)31-6-4-5-26-15-11(14(18)23-26)7-20-17(19)22-15/h7-8H,4-6H2,1-3H3. The molecule has 0 bridgehead atoms. The van der Waals surface area contributed by atoms with Crippen LogP contribution in [-0.2, 0) is 13.6 Å². The predicted molar refractivity (Wildman–Crippen MR) is 112 cm³/mol. The molecule has 4 rings (SSSR count). The van der Waals surface area contributed by atoms with E-state index < -0.39 is 4.92 Å². The van der Waals surface area contributed by atoms with Crippen molar-refractivity contribution in [1.29, 1.82) is 0 Å². The van der Waals surface area contributed by atoms with Gasteiger partial charge in [-0.2, -0.15) is 15.2 Å². The number of hydrogen-bond donors (Lipinski definition) is 0. The molecule has 0 unspecified atom stereocenters. The second-order valence-corrected chi connectivity index (χ2v) is 7.44. The smallest absolute Gasteiger partial charge is 0.353 e. The van der Waals surface area contributed by atoms with Crippen LogP contribution >= 0.6 is 23.2 Å². The highest BCUT2D eigenvalue weighted by Gasteiger charge is 2.28. The number of nitro groups is 1. The summed E-state index contributed by atoms with van der Waals surface area (Å²) < 4.78 is 10.4. The summed E-state index contributed by atoms with van der Waals surface area (Å²) in [5.41, 5.74) is 2.13. The Labute approximate surface area is 185 Å². The summed E-state index contributed by atoms with van der Waals surface area (Å²) >= 11 is 12.0. The lowest BCUT2D eigenvalue weighted by atomic mass is 10.3. The first-order valence-corrected chi connectivity index (χ1v) is 9.94. The number of aryl methyl sites for hydroxylation is 2. The number of halogens is 2. The Bertz CT molecular complexity index is 1290. The van der Waals surface area contributed by atoms with Gasteiger partial charge in [0.15, 0.2) is 10.8 Å². The quantitative estimate of drug-likeness (QED) is 0.176. The van der Waals surface area contributed by atoms with Crippen molar-refractivity contribution in [1.82, 2.24) is 39.3 Å². The highest BCUT2D eigenvalue weighted by molar-refractivity contribution is 6.34. The van der Waals surface area contributed by atoms with Crippen molar-refractivity contribution in [2.75, 3.05) is 6.61 Å². The van der Waals surface area contributed by atoms with Crippen LogP contribution < -0.4 is 4.74 Å². The van der Waals surface area contributed by atoms with Crippen molar-refractivity contribution < 1.29 is 9.66 Å².